The molecule has 2 fully saturated rings. The Hall–Kier alpha value is -2.21. The van der Waals surface area contributed by atoms with Gasteiger partial charge in [-0.2, -0.15) is 0 Å². The molecule has 2 saturated heterocycles. The van der Waals surface area contributed by atoms with Gasteiger partial charge in [-0.05, 0) is 69.7 Å². The first-order valence-electron chi connectivity index (χ1n) is 11.8. The first kappa shape index (κ1) is 23.5. The van der Waals surface area contributed by atoms with E-state index in [1.54, 1.807) is 24.3 Å². The van der Waals surface area contributed by atoms with Gasteiger partial charge in [0.25, 0.3) is 5.91 Å². The SMILES string of the molecule is CCCN(CCC)CC(=O)N1CCC2(CCN(C(=O)c3ccc(C(C)=O)cc3)CC2)C1. The number of rotatable bonds is 8. The fourth-order valence-electron chi connectivity index (χ4n) is 4.96. The topological polar surface area (TPSA) is 60.9 Å². The fraction of sp³-hybridized carbons (Fsp3) is 0.640. The highest BCUT2D eigenvalue weighted by atomic mass is 16.2. The van der Waals surface area contributed by atoms with Crippen LogP contribution in [0.3, 0.4) is 0 Å². The molecule has 3 rings (SSSR count). The van der Waals surface area contributed by atoms with E-state index in [9.17, 15) is 14.4 Å². The maximum Gasteiger partial charge on any atom is 0.253 e. The second-order valence-electron chi connectivity index (χ2n) is 9.27. The van der Waals surface area contributed by atoms with E-state index in [1.165, 1.54) is 6.92 Å². The first-order chi connectivity index (χ1) is 14.9. The molecule has 0 bridgehead atoms. The predicted octanol–water partition coefficient (Wildman–Crippen LogP) is 3.47. The minimum atomic E-state index is 0.00626. The van der Waals surface area contributed by atoms with Crippen molar-refractivity contribution in [2.75, 3.05) is 45.8 Å². The van der Waals surface area contributed by atoms with E-state index >= 15 is 0 Å². The van der Waals surface area contributed by atoms with E-state index in [0.717, 1.165) is 71.4 Å². The second kappa shape index (κ2) is 10.4. The standard InChI is InChI=1S/C25H37N3O3/c1-4-13-26(14-5-2)18-23(30)28-17-12-25(19-28)10-15-27(16-11-25)24(31)22-8-6-21(7-9-22)20(3)29/h6-9H,4-5,10-19H2,1-3H3. The quantitative estimate of drug-likeness (QED) is 0.596. The number of carbonyl (C=O) groups is 3. The molecule has 0 radical (unpaired) electrons. The summed E-state index contributed by atoms with van der Waals surface area (Å²) in [5.41, 5.74) is 1.42. The molecular formula is C25H37N3O3. The summed E-state index contributed by atoms with van der Waals surface area (Å²) in [5, 5.41) is 0. The van der Waals surface area contributed by atoms with Gasteiger partial charge in [-0.1, -0.05) is 26.0 Å². The maximum atomic E-state index is 12.9. The number of benzene rings is 1. The minimum Gasteiger partial charge on any atom is -0.341 e. The summed E-state index contributed by atoms with van der Waals surface area (Å²) in [6, 6.07) is 6.94. The summed E-state index contributed by atoms with van der Waals surface area (Å²) in [7, 11) is 0. The summed E-state index contributed by atoms with van der Waals surface area (Å²) in [4.78, 5) is 43.4. The molecule has 2 heterocycles. The normalized spacial score (nSPS) is 18.1. The maximum absolute atomic E-state index is 12.9. The summed E-state index contributed by atoms with van der Waals surface area (Å²) in [6.07, 6.45) is 5.07. The lowest BCUT2D eigenvalue weighted by Crippen LogP contribution is -2.45. The van der Waals surface area contributed by atoms with E-state index in [1.807, 2.05) is 4.90 Å². The summed E-state index contributed by atoms with van der Waals surface area (Å²) < 4.78 is 0. The Labute approximate surface area is 186 Å². The molecule has 0 unspecified atom stereocenters. The molecular weight excluding hydrogens is 390 g/mol. The van der Waals surface area contributed by atoms with Crippen LogP contribution in [-0.2, 0) is 4.79 Å². The number of ketones is 1. The van der Waals surface area contributed by atoms with Gasteiger partial charge in [0.2, 0.25) is 5.91 Å². The van der Waals surface area contributed by atoms with Crippen LogP contribution in [0.1, 0.15) is 73.6 Å². The van der Waals surface area contributed by atoms with Gasteiger partial charge in [0, 0.05) is 37.3 Å². The number of likely N-dealkylation sites (tertiary alicyclic amines) is 2. The third-order valence-electron chi connectivity index (χ3n) is 6.88. The van der Waals surface area contributed by atoms with E-state index in [-0.39, 0.29) is 23.0 Å². The fourth-order valence-corrected chi connectivity index (χ4v) is 4.96. The molecule has 1 aromatic rings. The molecule has 0 atom stereocenters. The Morgan fingerprint density at radius 2 is 1.39 bits per heavy atom. The van der Waals surface area contributed by atoms with Gasteiger partial charge in [-0.25, -0.2) is 0 Å². The van der Waals surface area contributed by atoms with Gasteiger partial charge in [0.05, 0.1) is 6.54 Å². The predicted molar refractivity (Wildman–Crippen MR) is 122 cm³/mol. The number of hydrogen-bond donors (Lipinski definition) is 0. The van der Waals surface area contributed by atoms with Gasteiger partial charge in [0.1, 0.15) is 0 Å². The largest absolute Gasteiger partial charge is 0.341 e. The third kappa shape index (κ3) is 5.73. The van der Waals surface area contributed by atoms with E-state index in [0.29, 0.717) is 17.7 Å². The molecule has 6 nitrogen and oxygen atoms in total. The Balaban J connectivity index is 1.52. The molecule has 0 saturated carbocycles. The van der Waals surface area contributed by atoms with Crippen LogP contribution in [0.25, 0.3) is 0 Å². The zero-order chi connectivity index (χ0) is 22.4. The van der Waals surface area contributed by atoms with Crippen LogP contribution in [0.15, 0.2) is 24.3 Å². The first-order valence-corrected chi connectivity index (χ1v) is 11.8. The number of piperidine rings is 1. The zero-order valence-electron chi connectivity index (χ0n) is 19.4. The van der Waals surface area contributed by atoms with Crippen LogP contribution in [-0.4, -0.2) is 78.1 Å². The van der Waals surface area contributed by atoms with Crippen molar-refractivity contribution in [2.24, 2.45) is 5.41 Å². The summed E-state index contributed by atoms with van der Waals surface area (Å²) in [6.45, 7) is 11.4. The molecule has 1 spiro atoms. The van der Waals surface area contributed by atoms with Crippen molar-refractivity contribution in [1.29, 1.82) is 0 Å². The molecule has 0 aromatic heterocycles. The molecule has 2 aliphatic rings. The monoisotopic (exact) mass is 427 g/mol. The molecule has 0 aliphatic carbocycles. The molecule has 6 heteroatoms. The Bertz CT molecular complexity index is 776. The van der Waals surface area contributed by atoms with Gasteiger partial charge < -0.3 is 9.80 Å². The molecule has 0 N–H and O–H groups in total. The van der Waals surface area contributed by atoms with Gasteiger partial charge in [-0.3, -0.25) is 19.3 Å². The smallest absolute Gasteiger partial charge is 0.253 e. The van der Waals surface area contributed by atoms with Crippen molar-refractivity contribution < 1.29 is 14.4 Å². The lowest BCUT2D eigenvalue weighted by atomic mass is 9.77. The summed E-state index contributed by atoms with van der Waals surface area (Å²) in [5.74, 6) is 0.292. The van der Waals surface area contributed by atoms with Crippen molar-refractivity contribution in [1.82, 2.24) is 14.7 Å². The Morgan fingerprint density at radius 1 is 0.871 bits per heavy atom. The molecule has 170 valence electrons. The van der Waals surface area contributed by atoms with Crippen LogP contribution in [0, 0.1) is 5.41 Å². The Kier molecular flexibility index (Phi) is 7.87. The van der Waals surface area contributed by atoms with Crippen molar-refractivity contribution in [3.63, 3.8) is 0 Å². The van der Waals surface area contributed by atoms with E-state index < -0.39 is 0 Å². The number of Topliss-reactive ketones (excluding diaryl/α,β-unsaturated/α-hetero) is 1. The molecule has 2 aliphatic heterocycles. The number of hydrogen-bond acceptors (Lipinski definition) is 4. The van der Waals surface area contributed by atoms with Gasteiger partial charge in [0.15, 0.2) is 5.78 Å². The van der Waals surface area contributed by atoms with Gasteiger partial charge >= 0.3 is 0 Å². The van der Waals surface area contributed by atoms with Crippen molar-refractivity contribution in [2.45, 2.75) is 52.9 Å². The van der Waals surface area contributed by atoms with Crippen molar-refractivity contribution >= 4 is 17.6 Å². The highest BCUT2D eigenvalue weighted by molar-refractivity contribution is 5.97. The van der Waals surface area contributed by atoms with Gasteiger partial charge in [-0.15, -0.1) is 0 Å². The Morgan fingerprint density at radius 3 is 1.90 bits per heavy atom. The van der Waals surface area contributed by atoms with Crippen LogP contribution in [0.5, 0.6) is 0 Å². The van der Waals surface area contributed by atoms with Crippen LogP contribution < -0.4 is 0 Å². The zero-order valence-corrected chi connectivity index (χ0v) is 19.4. The van der Waals surface area contributed by atoms with Crippen LogP contribution in [0.2, 0.25) is 0 Å². The second-order valence-corrected chi connectivity index (χ2v) is 9.27. The van der Waals surface area contributed by atoms with E-state index in [4.69, 9.17) is 0 Å². The highest BCUT2D eigenvalue weighted by Gasteiger charge is 2.42. The third-order valence-corrected chi connectivity index (χ3v) is 6.88. The van der Waals surface area contributed by atoms with Crippen molar-refractivity contribution in [3.05, 3.63) is 35.4 Å². The number of amides is 2. The van der Waals surface area contributed by atoms with Crippen LogP contribution in [0.4, 0.5) is 0 Å². The van der Waals surface area contributed by atoms with Crippen molar-refractivity contribution in [3.8, 4) is 0 Å². The minimum absolute atomic E-state index is 0.00626. The highest BCUT2D eigenvalue weighted by Crippen LogP contribution is 2.40. The van der Waals surface area contributed by atoms with E-state index in [2.05, 4.69) is 23.6 Å². The molecule has 1 aromatic carbocycles. The molecule has 2 amide bonds. The average molecular weight is 428 g/mol. The molecule has 31 heavy (non-hydrogen) atoms. The average Bonchev–Trinajstić information content (AvgIpc) is 3.18. The number of nitrogens with zero attached hydrogens (tertiary/aromatic N) is 3. The van der Waals surface area contributed by atoms with Crippen LogP contribution >= 0.6 is 0 Å². The lowest BCUT2D eigenvalue weighted by Gasteiger charge is -2.39. The number of carbonyl (C=O) groups excluding carboxylic acids is 3. The lowest BCUT2D eigenvalue weighted by molar-refractivity contribution is -0.132. The summed E-state index contributed by atoms with van der Waals surface area (Å²) >= 11 is 0.